The zero-order valence-corrected chi connectivity index (χ0v) is 38.7. The van der Waals surface area contributed by atoms with Crippen molar-refractivity contribution >= 4 is 58.6 Å². The van der Waals surface area contributed by atoms with Crippen molar-refractivity contribution in [1.29, 1.82) is 0 Å². The number of unbranched alkanes of at least 4 members (excludes halogenated alkanes) is 1. The van der Waals surface area contributed by atoms with Gasteiger partial charge < -0.3 is 41.4 Å². The third kappa shape index (κ3) is 13.2. The Kier molecular flexibility index (Phi) is 15.4. The van der Waals surface area contributed by atoms with Crippen molar-refractivity contribution in [2.75, 3.05) is 34.4 Å². The van der Waals surface area contributed by atoms with Crippen LogP contribution in [-0.4, -0.2) is 64.7 Å². The number of nitrogens with one attached hydrogen (secondary N) is 6. The minimum Gasteiger partial charge on any atom is -0.449 e. The smallest absolute Gasteiger partial charge is 0.416 e. The number of carbonyl (C=O) groups is 5. The molecule has 0 fully saturated rings. The monoisotopic (exact) mass is 956 g/mol. The molecule has 0 spiro atoms. The number of anilines is 5. The maximum atomic E-state index is 13.7. The van der Waals surface area contributed by atoms with Crippen LogP contribution in [0.1, 0.15) is 88.9 Å². The first-order valence-corrected chi connectivity index (χ1v) is 22.4. The molecule has 362 valence electrons. The lowest BCUT2D eigenvalue weighted by Gasteiger charge is -2.23. The second-order valence-corrected chi connectivity index (χ2v) is 17.5. The standard InChI is InChI=1S/C52H51F3N8O7/c1-31-22-23-36(59-45(64)32-13-11-14-33(25-32)52(53,54)55)27-42(31)46(65)61-37-28-57-48(58-29-37)62-35-16-12-15-34(26-35)60-47(66)44(63-50(68)70-51(2,3)4)21-9-10-24-56-49(67)69-30-43-40-19-7-5-17-38(40)39-18-6-8-20-41(39)43/h5-8,11-20,22-23,25-29,43-44H,9-10,21,24,30H2,1-4H3,(H,56,67)(H,59,64)(H,60,66)(H,61,65)(H,63,68)(H,57,58,62)/t44-/m0/s1. The van der Waals surface area contributed by atoms with E-state index in [1.807, 2.05) is 36.4 Å². The molecule has 6 aromatic rings. The predicted molar refractivity (Wildman–Crippen MR) is 259 cm³/mol. The van der Waals surface area contributed by atoms with Gasteiger partial charge in [0.15, 0.2) is 0 Å². The van der Waals surface area contributed by atoms with Gasteiger partial charge in [-0.3, -0.25) is 14.4 Å². The van der Waals surface area contributed by atoms with Gasteiger partial charge in [0.1, 0.15) is 18.2 Å². The molecule has 15 nitrogen and oxygen atoms in total. The number of nitrogens with zero attached hydrogens (tertiary/aromatic N) is 2. The number of benzene rings is 5. The second kappa shape index (κ2) is 21.8. The fourth-order valence-electron chi connectivity index (χ4n) is 7.71. The van der Waals surface area contributed by atoms with E-state index >= 15 is 0 Å². The van der Waals surface area contributed by atoms with E-state index in [0.29, 0.717) is 29.8 Å². The van der Waals surface area contributed by atoms with Crippen LogP contribution in [0.4, 0.5) is 51.5 Å². The molecule has 0 unspecified atom stereocenters. The number of ether oxygens (including phenoxy) is 2. The molecule has 1 aliphatic carbocycles. The van der Waals surface area contributed by atoms with Crippen LogP contribution < -0.4 is 31.9 Å². The average Bonchev–Trinajstić information content (AvgIpc) is 3.64. The summed E-state index contributed by atoms with van der Waals surface area (Å²) in [4.78, 5) is 73.8. The number of alkyl carbamates (subject to hydrolysis) is 2. The van der Waals surface area contributed by atoms with E-state index < -0.39 is 53.3 Å². The molecule has 0 radical (unpaired) electrons. The largest absolute Gasteiger partial charge is 0.449 e. The van der Waals surface area contributed by atoms with Crippen LogP contribution in [0.15, 0.2) is 128 Å². The number of carbonyl (C=O) groups excluding carboxylic acids is 5. The fraction of sp³-hybridized carbons (Fsp3) is 0.250. The van der Waals surface area contributed by atoms with Crippen molar-refractivity contribution in [2.24, 2.45) is 0 Å². The van der Waals surface area contributed by atoms with Crippen molar-refractivity contribution in [3.05, 3.63) is 161 Å². The first-order valence-electron chi connectivity index (χ1n) is 22.4. The van der Waals surface area contributed by atoms with Crippen LogP contribution in [0, 0.1) is 6.92 Å². The molecule has 0 saturated carbocycles. The van der Waals surface area contributed by atoms with Gasteiger partial charge in [-0.25, -0.2) is 19.6 Å². The van der Waals surface area contributed by atoms with Gasteiger partial charge in [0.05, 0.1) is 23.6 Å². The quantitative estimate of drug-likeness (QED) is 0.0507. The molecule has 1 atom stereocenters. The van der Waals surface area contributed by atoms with Gasteiger partial charge in [-0.15, -0.1) is 0 Å². The minimum absolute atomic E-state index is 0.0709. The predicted octanol–water partition coefficient (Wildman–Crippen LogP) is 10.6. The van der Waals surface area contributed by atoms with Crippen LogP contribution in [0.25, 0.3) is 11.1 Å². The lowest BCUT2D eigenvalue weighted by atomic mass is 9.98. The molecular weight excluding hydrogens is 906 g/mol. The number of rotatable bonds is 16. The molecule has 5 aromatic carbocycles. The van der Waals surface area contributed by atoms with Crippen LogP contribution >= 0.6 is 0 Å². The van der Waals surface area contributed by atoms with Gasteiger partial charge >= 0.3 is 18.4 Å². The Morgan fingerprint density at radius 1 is 0.671 bits per heavy atom. The summed E-state index contributed by atoms with van der Waals surface area (Å²) >= 11 is 0. The highest BCUT2D eigenvalue weighted by Crippen LogP contribution is 2.44. The Morgan fingerprint density at radius 3 is 2.00 bits per heavy atom. The Bertz CT molecular complexity index is 2840. The fourth-order valence-corrected chi connectivity index (χ4v) is 7.71. The molecule has 0 aliphatic heterocycles. The van der Waals surface area contributed by atoms with Gasteiger partial charge in [0, 0.05) is 40.7 Å². The highest BCUT2D eigenvalue weighted by atomic mass is 19.4. The maximum Gasteiger partial charge on any atom is 0.416 e. The normalized spacial score (nSPS) is 12.4. The first kappa shape index (κ1) is 49.6. The van der Waals surface area contributed by atoms with E-state index in [1.54, 1.807) is 58.0 Å². The summed E-state index contributed by atoms with van der Waals surface area (Å²) in [7, 11) is 0. The third-order valence-electron chi connectivity index (χ3n) is 11.0. The summed E-state index contributed by atoms with van der Waals surface area (Å²) < 4.78 is 50.7. The van der Waals surface area contributed by atoms with Crippen molar-refractivity contribution in [3.8, 4) is 11.1 Å². The van der Waals surface area contributed by atoms with Gasteiger partial charge in [0.2, 0.25) is 11.9 Å². The van der Waals surface area contributed by atoms with Gasteiger partial charge in [0.25, 0.3) is 11.8 Å². The average molecular weight is 957 g/mol. The van der Waals surface area contributed by atoms with Crippen molar-refractivity contribution in [3.63, 3.8) is 0 Å². The summed E-state index contributed by atoms with van der Waals surface area (Å²) in [5.74, 6) is -1.74. The Morgan fingerprint density at radius 2 is 1.31 bits per heavy atom. The maximum absolute atomic E-state index is 13.7. The molecule has 1 aromatic heterocycles. The van der Waals surface area contributed by atoms with E-state index in [2.05, 4.69) is 54.0 Å². The Balaban J connectivity index is 0.897. The zero-order chi connectivity index (χ0) is 50.0. The molecule has 18 heteroatoms. The topological polar surface area (TPSA) is 202 Å². The molecule has 5 amide bonds. The van der Waals surface area contributed by atoms with Crippen LogP contribution in [-0.2, 0) is 20.4 Å². The highest BCUT2D eigenvalue weighted by Gasteiger charge is 2.32. The number of amides is 5. The molecule has 1 heterocycles. The van der Waals surface area contributed by atoms with Crippen LogP contribution in [0.3, 0.4) is 0 Å². The Hall–Kier alpha value is -8.28. The van der Waals surface area contributed by atoms with Crippen molar-refractivity contribution in [1.82, 2.24) is 20.6 Å². The summed E-state index contributed by atoms with van der Waals surface area (Å²) in [5.41, 5.74) is 4.61. The number of hydrogen-bond acceptors (Lipinski definition) is 10. The lowest BCUT2D eigenvalue weighted by Crippen LogP contribution is -2.45. The lowest BCUT2D eigenvalue weighted by molar-refractivity contribution is -0.137. The van der Waals surface area contributed by atoms with E-state index in [0.717, 1.165) is 40.5 Å². The van der Waals surface area contributed by atoms with E-state index in [9.17, 15) is 37.1 Å². The number of alkyl halides is 3. The number of halogens is 3. The molecule has 0 bridgehead atoms. The third-order valence-corrected chi connectivity index (χ3v) is 11.0. The zero-order valence-electron chi connectivity index (χ0n) is 38.7. The summed E-state index contributed by atoms with van der Waals surface area (Å²) in [6, 6.07) is 30.4. The van der Waals surface area contributed by atoms with Crippen LogP contribution in [0.2, 0.25) is 0 Å². The molecule has 1 aliphatic rings. The van der Waals surface area contributed by atoms with E-state index in [-0.39, 0.29) is 53.9 Å². The molecule has 70 heavy (non-hydrogen) atoms. The molecule has 6 N–H and O–H groups in total. The van der Waals surface area contributed by atoms with Crippen molar-refractivity contribution < 1.29 is 46.6 Å². The summed E-state index contributed by atoms with van der Waals surface area (Å²) in [5, 5.41) is 16.6. The van der Waals surface area contributed by atoms with Crippen LogP contribution in [0.5, 0.6) is 0 Å². The van der Waals surface area contributed by atoms with Gasteiger partial charge in [-0.1, -0.05) is 66.7 Å². The SMILES string of the molecule is Cc1ccc(NC(=O)c2cccc(C(F)(F)F)c2)cc1C(=O)Nc1cnc(Nc2cccc(NC(=O)[C@H](CCCCNC(=O)OCC3c4ccccc4-c4ccccc43)NC(=O)OC(C)(C)C)c2)nc1. The number of aryl methyl sites for hydroxylation is 1. The summed E-state index contributed by atoms with van der Waals surface area (Å²) in [6.07, 6.45) is -2.01. The molecule has 7 rings (SSSR count). The van der Waals surface area contributed by atoms with Gasteiger partial charge in [-0.05, 0) is 123 Å². The Labute approximate surface area is 402 Å². The van der Waals surface area contributed by atoms with Crippen molar-refractivity contribution in [2.45, 2.75) is 70.7 Å². The van der Waals surface area contributed by atoms with E-state index in [4.69, 9.17) is 9.47 Å². The highest BCUT2D eigenvalue weighted by molar-refractivity contribution is 6.08. The number of fused-ring (bicyclic) bond motifs is 3. The number of hydrogen-bond donors (Lipinski definition) is 6. The summed E-state index contributed by atoms with van der Waals surface area (Å²) in [6.45, 7) is 7.30. The first-order chi connectivity index (χ1) is 33.4. The molecule has 0 saturated heterocycles. The van der Waals surface area contributed by atoms with Gasteiger partial charge in [-0.2, -0.15) is 13.2 Å². The minimum atomic E-state index is -4.62. The molecular formula is C52H51F3N8O7. The second-order valence-electron chi connectivity index (χ2n) is 17.5. The van der Waals surface area contributed by atoms with E-state index in [1.165, 1.54) is 30.6 Å². The number of aromatic nitrogens is 2.